The normalized spacial score (nSPS) is 11.2. The Hall–Kier alpha value is -4.76. The van der Waals surface area contributed by atoms with E-state index >= 15 is 0 Å². The Labute approximate surface area is 219 Å². The van der Waals surface area contributed by atoms with Gasteiger partial charge in [-0.3, -0.25) is 25.8 Å². The van der Waals surface area contributed by atoms with Crippen LogP contribution in [0.4, 0.5) is 17.1 Å². The molecule has 4 aromatic rings. The van der Waals surface area contributed by atoms with E-state index in [1.165, 1.54) is 6.07 Å². The molecule has 4 rings (SSSR count). The highest BCUT2D eigenvalue weighted by atomic mass is 32.1. The Bertz CT molecular complexity index is 1410. The summed E-state index contributed by atoms with van der Waals surface area (Å²) in [6, 6.07) is 30.3. The molecule has 8 nitrogen and oxygen atoms in total. The predicted octanol–water partition coefficient (Wildman–Crippen LogP) is 5.74. The van der Waals surface area contributed by atoms with Crippen LogP contribution in [0.3, 0.4) is 0 Å². The summed E-state index contributed by atoms with van der Waals surface area (Å²) in [5.74, 6) is -0.385. The third-order valence-corrected chi connectivity index (χ3v) is 5.89. The Balaban J connectivity index is 1.47. The van der Waals surface area contributed by atoms with Crippen molar-refractivity contribution in [1.29, 1.82) is 0 Å². The van der Waals surface area contributed by atoms with E-state index in [-0.39, 0.29) is 22.4 Å². The number of nitrogens with one attached hydrogen (secondary N) is 4. The van der Waals surface area contributed by atoms with E-state index in [0.29, 0.717) is 5.56 Å². The number of carbonyl (C=O) groups is 1. The van der Waals surface area contributed by atoms with Crippen LogP contribution in [0.2, 0.25) is 0 Å². The average Bonchev–Trinajstić information content (AvgIpc) is 2.92. The van der Waals surface area contributed by atoms with Gasteiger partial charge >= 0.3 is 0 Å². The first kappa shape index (κ1) is 25.3. The fourth-order valence-electron chi connectivity index (χ4n) is 3.79. The largest absolute Gasteiger partial charge is 0.347 e. The van der Waals surface area contributed by atoms with E-state index in [9.17, 15) is 14.9 Å². The smallest absolute Gasteiger partial charge is 0.292 e. The molecule has 0 heterocycles. The zero-order valence-electron chi connectivity index (χ0n) is 20.0. The lowest BCUT2D eigenvalue weighted by atomic mass is 10.0. The summed E-state index contributed by atoms with van der Waals surface area (Å²) < 4.78 is 0. The standard InChI is InChI=1S/C28H25N5O3S/c1-19-18-22(20-10-4-2-5-11-20)16-17-23(19)31-32-27(34)26(21-12-6-3-7-13-21)30-28(37)29-24-14-8-9-15-25(24)33(35)36/h2-18,26,31H,1H3,(H,32,34)(H2,29,30,37). The quantitative estimate of drug-likeness (QED) is 0.136. The molecule has 0 bridgehead atoms. The molecule has 0 radical (unpaired) electrons. The number of nitrogens with zero attached hydrogens (tertiary/aromatic N) is 1. The van der Waals surface area contributed by atoms with Gasteiger partial charge in [0.2, 0.25) is 0 Å². The molecular weight excluding hydrogens is 486 g/mol. The lowest BCUT2D eigenvalue weighted by molar-refractivity contribution is -0.383. The molecule has 0 fully saturated rings. The number of thiocarbonyl (C=S) groups is 1. The number of hydrogen-bond donors (Lipinski definition) is 4. The molecule has 186 valence electrons. The Morgan fingerprint density at radius 1 is 0.838 bits per heavy atom. The third-order valence-electron chi connectivity index (χ3n) is 5.67. The first-order valence-corrected chi connectivity index (χ1v) is 11.9. The first-order chi connectivity index (χ1) is 17.9. The zero-order valence-corrected chi connectivity index (χ0v) is 20.8. The molecule has 0 saturated carbocycles. The van der Waals surface area contributed by atoms with Crippen LogP contribution < -0.4 is 21.5 Å². The number of para-hydroxylation sites is 2. The summed E-state index contributed by atoms with van der Waals surface area (Å²) in [7, 11) is 0. The van der Waals surface area contributed by atoms with Crippen LogP contribution in [0.15, 0.2) is 103 Å². The summed E-state index contributed by atoms with van der Waals surface area (Å²) in [6.07, 6.45) is 0. The second kappa shape index (κ2) is 11.8. The number of benzene rings is 4. The predicted molar refractivity (Wildman–Crippen MR) is 150 cm³/mol. The first-order valence-electron chi connectivity index (χ1n) is 11.5. The van der Waals surface area contributed by atoms with Gasteiger partial charge in [0.25, 0.3) is 11.6 Å². The molecule has 37 heavy (non-hydrogen) atoms. The van der Waals surface area contributed by atoms with Crippen LogP contribution in [0, 0.1) is 17.0 Å². The molecule has 0 aliphatic rings. The molecule has 9 heteroatoms. The third kappa shape index (κ3) is 6.47. The van der Waals surface area contributed by atoms with Gasteiger partial charge in [0.15, 0.2) is 5.11 Å². The Kier molecular flexibility index (Phi) is 8.07. The van der Waals surface area contributed by atoms with Crippen LogP contribution in [0.25, 0.3) is 11.1 Å². The Morgan fingerprint density at radius 3 is 2.16 bits per heavy atom. The summed E-state index contributed by atoms with van der Waals surface area (Å²) >= 11 is 5.39. The summed E-state index contributed by atoms with van der Waals surface area (Å²) in [5, 5.41) is 17.2. The van der Waals surface area contributed by atoms with Gasteiger partial charge in [-0.2, -0.15) is 0 Å². The highest BCUT2D eigenvalue weighted by Gasteiger charge is 2.23. The van der Waals surface area contributed by atoms with Gasteiger partial charge in [-0.15, -0.1) is 0 Å². The molecule has 1 amide bonds. The van der Waals surface area contributed by atoms with Crippen molar-refractivity contribution >= 4 is 40.3 Å². The minimum atomic E-state index is -0.861. The number of nitro groups is 1. The van der Waals surface area contributed by atoms with Crippen molar-refractivity contribution in [2.45, 2.75) is 13.0 Å². The molecule has 0 spiro atoms. The van der Waals surface area contributed by atoms with Crippen molar-refractivity contribution < 1.29 is 9.72 Å². The molecule has 0 aliphatic carbocycles. The Morgan fingerprint density at radius 2 is 1.49 bits per heavy atom. The zero-order chi connectivity index (χ0) is 26.2. The number of nitro benzene ring substituents is 1. The highest BCUT2D eigenvalue weighted by molar-refractivity contribution is 7.80. The molecule has 1 atom stereocenters. The van der Waals surface area contributed by atoms with Crippen molar-refractivity contribution in [1.82, 2.24) is 10.7 Å². The molecule has 1 unspecified atom stereocenters. The van der Waals surface area contributed by atoms with Gasteiger partial charge in [-0.1, -0.05) is 78.9 Å². The van der Waals surface area contributed by atoms with Crippen molar-refractivity contribution in [3.05, 3.63) is 124 Å². The molecule has 4 N–H and O–H groups in total. The monoisotopic (exact) mass is 511 g/mol. The number of hydrogen-bond acceptors (Lipinski definition) is 5. The van der Waals surface area contributed by atoms with E-state index in [4.69, 9.17) is 12.2 Å². The maximum absolute atomic E-state index is 13.2. The summed E-state index contributed by atoms with van der Waals surface area (Å²) in [4.78, 5) is 24.1. The fraction of sp³-hybridized carbons (Fsp3) is 0.0714. The SMILES string of the molecule is Cc1cc(-c2ccccc2)ccc1NNC(=O)C(NC(=S)Nc1ccccc1[N+](=O)[O-])c1ccccc1. The summed E-state index contributed by atoms with van der Waals surface area (Å²) in [5.41, 5.74) is 10.4. The second-order valence-corrected chi connectivity index (χ2v) is 8.63. The minimum absolute atomic E-state index is 0.0710. The van der Waals surface area contributed by atoms with E-state index in [1.54, 1.807) is 30.3 Å². The van der Waals surface area contributed by atoms with Crippen LogP contribution >= 0.6 is 12.2 Å². The lowest BCUT2D eigenvalue weighted by Crippen LogP contribution is -2.43. The van der Waals surface area contributed by atoms with E-state index in [1.807, 2.05) is 73.7 Å². The van der Waals surface area contributed by atoms with E-state index in [0.717, 1.165) is 22.4 Å². The van der Waals surface area contributed by atoms with E-state index < -0.39 is 11.0 Å². The average molecular weight is 512 g/mol. The minimum Gasteiger partial charge on any atom is -0.347 e. The van der Waals surface area contributed by atoms with Crippen LogP contribution in [0.5, 0.6) is 0 Å². The number of amides is 1. The van der Waals surface area contributed by atoms with Gasteiger partial charge in [0, 0.05) is 6.07 Å². The molecule has 0 aromatic heterocycles. The molecular formula is C28H25N5O3S. The fourth-order valence-corrected chi connectivity index (χ4v) is 4.02. The maximum atomic E-state index is 13.2. The number of aryl methyl sites for hydroxylation is 1. The van der Waals surface area contributed by atoms with Gasteiger partial charge in [-0.25, -0.2) is 0 Å². The number of hydrazine groups is 1. The molecule has 0 aliphatic heterocycles. The van der Waals surface area contributed by atoms with Crippen molar-refractivity contribution in [3.8, 4) is 11.1 Å². The number of carbonyl (C=O) groups excluding carboxylic acids is 1. The van der Waals surface area contributed by atoms with Crippen molar-refractivity contribution in [3.63, 3.8) is 0 Å². The lowest BCUT2D eigenvalue weighted by Gasteiger charge is -2.22. The van der Waals surface area contributed by atoms with Gasteiger partial charge in [0.1, 0.15) is 11.7 Å². The number of anilines is 2. The molecule has 4 aromatic carbocycles. The second-order valence-electron chi connectivity index (χ2n) is 8.23. The van der Waals surface area contributed by atoms with Crippen molar-refractivity contribution in [2.24, 2.45) is 0 Å². The summed E-state index contributed by atoms with van der Waals surface area (Å²) in [6.45, 7) is 1.96. The van der Waals surface area contributed by atoms with Crippen molar-refractivity contribution in [2.75, 3.05) is 10.7 Å². The van der Waals surface area contributed by atoms with Gasteiger partial charge in [-0.05, 0) is 59.6 Å². The van der Waals surface area contributed by atoms with Gasteiger partial charge < -0.3 is 10.6 Å². The highest BCUT2D eigenvalue weighted by Crippen LogP contribution is 2.25. The van der Waals surface area contributed by atoms with E-state index in [2.05, 4.69) is 21.5 Å². The molecule has 0 saturated heterocycles. The maximum Gasteiger partial charge on any atom is 0.292 e. The topological polar surface area (TPSA) is 108 Å². The van der Waals surface area contributed by atoms with Crippen LogP contribution in [0.1, 0.15) is 17.2 Å². The van der Waals surface area contributed by atoms with Crippen LogP contribution in [-0.2, 0) is 4.79 Å². The van der Waals surface area contributed by atoms with Crippen LogP contribution in [-0.4, -0.2) is 15.9 Å². The van der Waals surface area contributed by atoms with Gasteiger partial charge in [0.05, 0.1) is 10.6 Å². The number of rotatable bonds is 8.